The summed E-state index contributed by atoms with van der Waals surface area (Å²) in [6.07, 6.45) is -0.895. The van der Waals surface area contributed by atoms with Gasteiger partial charge in [-0.25, -0.2) is 14.8 Å². The van der Waals surface area contributed by atoms with Crippen molar-refractivity contribution in [3.05, 3.63) is 23.0 Å². The molecule has 0 unspecified atom stereocenters. The van der Waals surface area contributed by atoms with Crippen LogP contribution in [0.3, 0.4) is 0 Å². The lowest BCUT2D eigenvalue weighted by Gasteiger charge is -2.34. The largest absolute Gasteiger partial charge is 0.496 e. The van der Waals surface area contributed by atoms with Crippen LogP contribution in [0.15, 0.2) is 12.1 Å². The van der Waals surface area contributed by atoms with Gasteiger partial charge < -0.3 is 24.2 Å². The van der Waals surface area contributed by atoms with Crippen molar-refractivity contribution in [3.63, 3.8) is 0 Å². The highest BCUT2D eigenvalue weighted by atomic mass is 35.5. The molecule has 0 spiro atoms. The van der Waals surface area contributed by atoms with Gasteiger partial charge in [-0.3, -0.25) is 0 Å². The molecule has 0 atom stereocenters. The molecule has 2 aromatic rings. The molecule has 1 N–H and O–H groups in total. The standard InChI is InChI=1S/C20H26BClN4O4/c1-12-23-16-11-14(21-29-19(2,3)20(4,5)30-21)15(22)10-13(16)17(24-12)25-6-8-26(9-7-25)18(27)28/h10-11H,6-9H2,1-5H3,(H,27,28). The Labute approximate surface area is 181 Å². The van der Waals surface area contributed by atoms with Crippen LogP contribution < -0.4 is 10.4 Å². The number of hydrogen-bond acceptors (Lipinski definition) is 6. The van der Waals surface area contributed by atoms with Gasteiger partial charge in [-0.15, -0.1) is 0 Å². The van der Waals surface area contributed by atoms with Crippen LogP contribution in [-0.4, -0.2) is 70.6 Å². The van der Waals surface area contributed by atoms with Crippen LogP contribution in [0.1, 0.15) is 33.5 Å². The normalized spacial score (nSPS) is 20.8. The molecule has 3 heterocycles. The third-order valence-corrected chi connectivity index (χ3v) is 6.59. The zero-order valence-electron chi connectivity index (χ0n) is 17.9. The van der Waals surface area contributed by atoms with Crippen molar-refractivity contribution < 1.29 is 19.2 Å². The number of halogens is 1. The van der Waals surface area contributed by atoms with E-state index in [9.17, 15) is 9.90 Å². The van der Waals surface area contributed by atoms with Crippen LogP contribution in [0, 0.1) is 6.92 Å². The first-order valence-electron chi connectivity index (χ1n) is 10.0. The summed E-state index contributed by atoms with van der Waals surface area (Å²) in [5.41, 5.74) is 0.564. The molecule has 1 aromatic heterocycles. The predicted octanol–water partition coefficient (Wildman–Crippen LogP) is 2.69. The summed E-state index contributed by atoms with van der Waals surface area (Å²) in [7, 11) is -0.579. The molecular weight excluding hydrogens is 407 g/mol. The number of hydrogen-bond donors (Lipinski definition) is 1. The Bertz CT molecular complexity index is 992. The Morgan fingerprint density at radius 1 is 1.10 bits per heavy atom. The summed E-state index contributed by atoms with van der Waals surface area (Å²) in [4.78, 5) is 23.9. The smallest absolute Gasteiger partial charge is 0.465 e. The van der Waals surface area contributed by atoms with Crippen LogP contribution in [0.5, 0.6) is 0 Å². The van der Waals surface area contributed by atoms with Crippen LogP contribution in [0.4, 0.5) is 10.6 Å². The summed E-state index contributed by atoms with van der Waals surface area (Å²) in [6, 6.07) is 3.76. The van der Waals surface area contributed by atoms with Gasteiger partial charge in [-0.05, 0) is 46.8 Å². The Morgan fingerprint density at radius 3 is 2.27 bits per heavy atom. The van der Waals surface area contributed by atoms with Gasteiger partial charge in [0.15, 0.2) is 0 Å². The van der Waals surface area contributed by atoms with Crippen molar-refractivity contribution in [2.75, 3.05) is 31.1 Å². The van der Waals surface area contributed by atoms with E-state index in [1.54, 1.807) is 0 Å². The lowest BCUT2D eigenvalue weighted by Crippen LogP contribution is -2.48. The molecule has 1 aromatic carbocycles. The van der Waals surface area contributed by atoms with E-state index in [2.05, 4.69) is 14.9 Å². The second kappa shape index (κ2) is 7.25. The maximum Gasteiger partial charge on any atom is 0.496 e. The van der Waals surface area contributed by atoms with Gasteiger partial charge in [-0.2, -0.15) is 0 Å². The number of piperazine rings is 1. The average Bonchev–Trinajstić information content (AvgIpc) is 2.88. The number of carbonyl (C=O) groups is 1. The molecule has 4 rings (SSSR count). The maximum absolute atomic E-state index is 11.2. The molecule has 2 aliphatic rings. The topological polar surface area (TPSA) is 88.0 Å². The number of rotatable bonds is 2. The number of aromatic nitrogens is 2. The first kappa shape index (κ1) is 21.1. The van der Waals surface area contributed by atoms with Gasteiger partial charge in [0.05, 0.1) is 16.7 Å². The molecule has 1 amide bonds. The van der Waals surface area contributed by atoms with Gasteiger partial charge >= 0.3 is 13.2 Å². The highest BCUT2D eigenvalue weighted by Gasteiger charge is 2.52. The summed E-state index contributed by atoms with van der Waals surface area (Å²) < 4.78 is 12.3. The summed E-state index contributed by atoms with van der Waals surface area (Å²) in [6.45, 7) is 11.8. The third-order valence-electron chi connectivity index (χ3n) is 6.26. The quantitative estimate of drug-likeness (QED) is 0.730. The molecule has 2 saturated heterocycles. The van der Waals surface area contributed by atoms with E-state index >= 15 is 0 Å². The molecule has 0 radical (unpaired) electrons. The Balaban J connectivity index is 1.71. The number of aryl methyl sites for hydroxylation is 1. The summed E-state index contributed by atoms with van der Waals surface area (Å²) >= 11 is 6.66. The highest BCUT2D eigenvalue weighted by Crippen LogP contribution is 2.37. The molecule has 0 bridgehead atoms. The molecule has 0 saturated carbocycles. The van der Waals surface area contributed by atoms with Gasteiger partial charge in [0, 0.05) is 42.1 Å². The first-order valence-corrected chi connectivity index (χ1v) is 10.4. The van der Waals surface area contributed by atoms with Crippen molar-refractivity contribution >= 4 is 47.0 Å². The van der Waals surface area contributed by atoms with Crippen LogP contribution >= 0.6 is 11.6 Å². The lowest BCUT2D eigenvalue weighted by molar-refractivity contribution is 0.00578. The predicted molar refractivity (Wildman–Crippen MR) is 117 cm³/mol. The van der Waals surface area contributed by atoms with Crippen LogP contribution in [-0.2, 0) is 9.31 Å². The van der Waals surface area contributed by atoms with Gasteiger partial charge in [0.2, 0.25) is 0 Å². The van der Waals surface area contributed by atoms with E-state index in [-0.39, 0.29) is 0 Å². The molecule has 0 aliphatic carbocycles. The molecule has 10 heteroatoms. The second-order valence-corrected chi connectivity index (χ2v) is 9.24. The summed E-state index contributed by atoms with van der Waals surface area (Å²) in [5.74, 6) is 1.41. The van der Waals surface area contributed by atoms with Crippen molar-refractivity contribution in [3.8, 4) is 0 Å². The Kier molecular flexibility index (Phi) is 5.11. The number of benzene rings is 1. The van der Waals surface area contributed by atoms with E-state index in [1.807, 2.05) is 46.8 Å². The number of amides is 1. The maximum atomic E-state index is 11.2. The number of nitrogens with zero attached hydrogens (tertiary/aromatic N) is 4. The van der Waals surface area contributed by atoms with Crippen molar-refractivity contribution in [1.82, 2.24) is 14.9 Å². The fraction of sp³-hybridized carbons (Fsp3) is 0.550. The van der Waals surface area contributed by atoms with E-state index in [0.29, 0.717) is 37.0 Å². The van der Waals surface area contributed by atoms with E-state index in [0.717, 1.165) is 22.2 Å². The van der Waals surface area contributed by atoms with E-state index < -0.39 is 24.4 Å². The number of anilines is 1. The molecule has 2 fully saturated rings. The van der Waals surface area contributed by atoms with Crippen LogP contribution in [0.2, 0.25) is 5.02 Å². The summed E-state index contributed by atoms with van der Waals surface area (Å²) in [5, 5.41) is 10.6. The SMILES string of the molecule is Cc1nc(N2CCN(C(=O)O)CC2)c2cc(Cl)c(B3OC(C)(C)C(C)(C)O3)cc2n1. The Morgan fingerprint density at radius 2 is 1.70 bits per heavy atom. The molecule has 2 aliphatic heterocycles. The molecular formula is C20H26BClN4O4. The molecule has 8 nitrogen and oxygen atoms in total. The van der Waals surface area contributed by atoms with Crippen LogP contribution in [0.25, 0.3) is 10.9 Å². The minimum atomic E-state index is -0.895. The third kappa shape index (κ3) is 3.59. The average molecular weight is 433 g/mol. The van der Waals surface area contributed by atoms with Gasteiger partial charge in [0.1, 0.15) is 11.6 Å². The first-order chi connectivity index (χ1) is 14.0. The number of carboxylic acid groups (broad SMARTS) is 1. The fourth-order valence-corrected chi connectivity index (χ4v) is 4.02. The zero-order chi connectivity index (χ0) is 21.8. The highest BCUT2D eigenvalue weighted by molar-refractivity contribution is 6.66. The van der Waals surface area contributed by atoms with E-state index in [4.69, 9.17) is 20.9 Å². The lowest BCUT2D eigenvalue weighted by atomic mass is 9.78. The molecule has 160 valence electrons. The fourth-order valence-electron chi connectivity index (χ4n) is 3.76. The van der Waals surface area contributed by atoms with Gasteiger partial charge in [-0.1, -0.05) is 11.6 Å². The second-order valence-electron chi connectivity index (χ2n) is 8.83. The zero-order valence-corrected chi connectivity index (χ0v) is 18.7. The number of fused-ring (bicyclic) bond motifs is 1. The van der Waals surface area contributed by atoms with Crippen molar-refractivity contribution in [1.29, 1.82) is 0 Å². The minimum Gasteiger partial charge on any atom is -0.465 e. The van der Waals surface area contributed by atoms with Crippen molar-refractivity contribution in [2.45, 2.75) is 45.8 Å². The van der Waals surface area contributed by atoms with Gasteiger partial charge in [0.25, 0.3) is 0 Å². The van der Waals surface area contributed by atoms with Crippen molar-refractivity contribution in [2.24, 2.45) is 0 Å². The Hall–Kier alpha value is -2.10. The minimum absolute atomic E-state index is 0.430. The molecule has 30 heavy (non-hydrogen) atoms. The monoisotopic (exact) mass is 432 g/mol. The van der Waals surface area contributed by atoms with E-state index in [1.165, 1.54) is 4.90 Å².